The minimum absolute atomic E-state index is 0.287. The maximum absolute atomic E-state index is 13.2. The van der Waals surface area contributed by atoms with Crippen molar-refractivity contribution in [2.24, 2.45) is 0 Å². The molecule has 0 saturated heterocycles. The van der Waals surface area contributed by atoms with E-state index < -0.39 is 0 Å². The number of para-hydroxylation sites is 1. The maximum atomic E-state index is 13.2. The predicted molar refractivity (Wildman–Crippen MR) is 130 cm³/mol. The Bertz CT molecular complexity index is 1500. The van der Waals surface area contributed by atoms with Gasteiger partial charge in [-0.1, -0.05) is 18.2 Å². The van der Waals surface area contributed by atoms with Gasteiger partial charge >= 0.3 is 0 Å². The molecule has 2 aromatic heterocycles. The second-order valence-electron chi connectivity index (χ2n) is 7.35. The number of hydrogen-bond acceptors (Lipinski definition) is 4. The van der Waals surface area contributed by atoms with Gasteiger partial charge in [0.15, 0.2) is 0 Å². The zero-order valence-electron chi connectivity index (χ0n) is 17.3. The molecule has 2 heterocycles. The first kappa shape index (κ1) is 20.0. The summed E-state index contributed by atoms with van der Waals surface area (Å²) in [6.45, 7) is 3.05. The molecule has 32 heavy (non-hydrogen) atoms. The predicted octanol–water partition coefficient (Wildman–Crippen LogP) is 7.05. The SMILES string of the molecule is CCn1c2ccccc2c2cc(NC=C(C#N)c3nc(-c4ccc(F)cc4)cs3)ccc21. The smallest absolute Gasteiger partial charge is 0.136 e. The van der Waals surface area contributed by atoms with Gasteiger partial charge in [-0.15, -0.1) is 11.3 Å². The van der Waals surface area contributed by atoms with Gasteiger partial charge in [0.2, 0.25) is 0 Å². The summed E-state index contributed by atoms with van der Waals surface area (Å²) in [5.41, 5.74) is 5.29. The van der Waals surface area contributed by atoms with Crippen LogP contribution in [0.1, 0.15) is 11.9 Å². The number of nitriles is 1. The lowest BCUT2D eigenvalue weighted by Crippen LogP contribution is -1.94. The quantitative estimate of drug-likeness (QED) is 0.299. The van der Waals surface area contributed by atoms with E-state index in [1.165, 1.54) is 45.3 Å². The summed E-state index contributed by atoms with van der Waals surface area (Å²) in [5.74, 6) is -0.287. The Morgan fingerprint density at radius 2 is 1.88 bits per heavy atom. The number of nitrogens with one attached hydrogen (secondary N) is 1. The Labute approximate surface area is 188 Å². The van der Waals surface area contributed by atoms with Crippen LogP contribution >= 0.6 is 11.3 Å². The fraction of sp³-hybridized carbons (Fsp3) is 0.0769. The molecule has 0 amide bonds. The van der Waals surface area contributed by atoms with Crippen LogP contribution in [0.25, 0.3) is 38.6 Å². The monoisotopic (exact) mass is 438 g/mol. The van der Waals surface area contributed by atoms with Crippen molar-refractivity contribution in [1.82, 2.24) is 9.55 Å². The molecule has 6 heteroatoms. The van der Waals surface area contributed by atoms with E-state index in [0.29, 0.717) is 10.6 Å². The van der Waals surface area contributed by atoms with Gasteiger partial charge in [-0.25, -0.2) is 9.37 Å². The molecular formula is C26H19FN4S. The zero-order valence-corrected chi connectivity index (χ0v) is 18.2. The zero-order chi connectivity index (χ0) is 22.1. The van der Waals surface area contributed by atoms with Gasteiger partial charge in [0.1, 0.15) is 22.5 Å². The first-order chi connectivity index (χ1) is 15.7. The number of aromatic nitrogens is 2. The molecule has 0 aliphatic rings. The Balaban J connectivity index is 1.46. The average molecular weight is 439 g/mol. The lowest BCUT2D eigenvalue weighted by atomic mass is 10.1. The highest BCUT2D eigenvalue weighted by Crippen LogP contribution is 2.31. The van der Waals surface area contributed by atoms with Gasteiger partial charge in [-0.05, 0) is 55.5 Å². The number of allylic oxidation sites excluding steroid dienone is 1. The second-order valence-corrected chi connectivity index (χ2v) is 8.21. The van der Waals surface area contributed by atoms with Gasteiger partial charge in [0.05, 0.1) is 5.69 Å². The molecule has 0 saturated carbocycles. The number of halogens is 1. The lowest BCUT2D eigenvalue weighted by molar-refractivity contribution is 0.628. The number of fused-ring (bicyclic) bond motifs is 3. The van der Waals surface area contributed by atoms with Crippen molar-refractivity contribution in [3.63, 3.8) is 0 Å². The third-order valence-electron chi connectivity index (χ3n) is 5.47. The van der Waals surface area contributed by atoms with Crippen LogP contribution in [0, 0.1) is 17.1 Å². The molecular weight excluding hydrogens is 419 g/mol. The Morgan fingerprint density at radius 1 is 1.09 bits per heavy atom. The summed E-state index contributed by atoms with van der Waals surface area (Å²) in [6.07, 6.45) is 1.69. The summed E-state index contributed by atoms with van der Waals surface area (Å²) in [7, 11) is 0. The normalized spacial score (nSPS) is 11.7. The summed E-state index contributed by atoms with van der Waals surface area (Å²) in [5, 5.41) is 17.8. The topological polar surface area (TPSA) is 53.6 Å². The van der Waals surface area contributed by atoms with E-state index in [9.17, 15) is 9.65 Å². The number of hydrogen-bond donors (Lipinski definition) is 1. The van der Waals surface area contributed by atoms with Gasteiger partial charge < -0.3 is 9.88 Å². The molecule has 0 fully saturated rings. The van der Waals surface area contributed by atoms with Crippen molar-refractivity contribution >= 4 is 44.4 Å². The highest BCUT2D eigenvalue weighted by atomic mass is 32.1. The van der Waals surface area contributed by atoms with Crippen LogP contribution in [0.4, 0.5) is 10.1 Å². The first-order valence-electron chi connectivity index (χ1n) is 10.3. The molecule has 156 valence electrons. The highest BCUT2D eigenvalue weighted by molar-refractivity contribution is 7.11. The van der Waals surface area contributed by atoms with Crippen molar-refractivity contribution in [1.29, 1.82) is 5.26 Å². The van der Waals surface area contributed by atoms with Crippen LogP contribution in [0.2, 0.25) is 0 Å². The highest BCUT2D eigenvalue weighted by Gasteiger charge is 2.11. The summed E-state index contributed by atoms with van der Waals surface area (Å²) >= 11 is 1.39. The van der Waals surface area contributed by atoms with Crippen LogP contribution in [0.15, 0.2) is 78.3 Å². The summed E-state index contributed by atoms with van der Waals surface area (Å²) < 4.78 is 15.5. The molecule has 0 unspecified atom stereocenters. The number of anilines is 1. The second kappa shape index (κ2) is 8.29. The molecule has 0 aliphatic carbocycles. The minimum atomic E-state index is -0.287. The van der Waals surface area contributed by atoms with Gasteiger partial charge in [0, 0.05) is 51.2 Å². The molecule has 5 rings (SSSR count). The molecule has 0 atom stereocenters. The molecule has 0 bridgehead atoms. The van der Waals surface area contributed by atoms with Gasteiger partial charge in [-0.2, -0.15) is 5.26 Å². The Kier molecular flexibility index (Phi) is 5.18. The van der Waals surface area contributed by atoms with Crippen LogP contribution < -0.4 is 5.32 Å². The van der Waals surface area contributed by atoms with Crippen LogP contribution in [0.3, 0.4) is 0 Å². The van der Waals surface area contributed by atoms with Crippen LogP contribution in [-0.2, 0) is 6.54 Å². The fourth-order valence-corrected chi connectivity index (χ4v) is 4.73. The molecule has 4 nitrogen and oxygen atoms in total. The van der Waals surface area contributed by atoms with Gasteiger partial charge in [0.25, 0.3) is 0 Å². The molecule has 0 spiro atoms. The van der Waals surface area contributed by atoms with Crippen molar-refractivity contribution in [2.45, 2.75) is 13.5 Å². The van der Waals surface area contributed by atoms with E-state index in [2.05, 4.69) is 64.3 Å². The molecule has 3 aromatic carbocycles. The van der Waals surface area contributed by atoms with E-state index in [1.54, 1.807) is 18.3 Å². The van der Waals surface area contributed by atoms with Gasteiger partial charge in [-0.3, -0.25) is 0 Å². The molecule has 0 aliphatic heterocycles. The molecule has 1 N–H and O–H groups in total. The first-order valence-corrected chi connectivity index (χ1v) is 11.2. The molecule has 0 radical (unpaired) electrons. The third-order valence-corrected chi connectivity index (χ3v) is 6.34. The van der Waals surface area contributed by atoms with E-state index in [4.69, 9.17) is 0 Å². The van der Waals surface area contributed by atoms with Crippen LogP contribution in [0.5, 0.6) is 0 Å². The number of benzene rings is 3. The summed E-state index contributed by atoms with van der Waals surface area (Å²) in [6, 6.07) is 23.0. The minimum Gasteiger partial charge on any atom is -0.360 e. The van der Waals surface area contributed by atoms with E-state index in [0.717, 1.165) is 23.5 Å². The van der Waals surface area contributed by atoms with E-state index in [1.807, 2.05) is 11.4 Å². The number of aryl methyl sites for hydroxylation is 1. The van der Waals surface area contributed by atoms with Crippen molar-refractivity contribution in [2.75, 3.05) is 5.32 Å². The fourth-order valence-electron chi connectivity index (χ4n) is 3.93. The largest absolute Gasteiger partial charge is 0.360 e. The standard InChI is InChI=1S/C26H19FN4S/c1-2-31-24-6-4-3-5-21(24)22-13-20(11-12-25(22)31)29-15-18(14-28)26-30-23(16-32-26)17-7-9-19(27)10-8-17/h3-13,15-16,29H,2H2,1H3. The Morgan fingerprint density at radius 3 is 2.66 bits per heavy atom. The number of rotatable bonds is 5. The molecule has 5 aromatic rings. The Hall–Kier alpha value is -3.95. The third kappa shape index (κ3) is 3.53. The lowest BCUT2D eigenvalue weighted by Gasteiger charge is -2.05. The van der Waals surface area contributed by atoms with Crippen molar-refractivity contribution in [3.8, 4) is 17.3 Å². The maximum Gasteiger partial charge on any atom is 0.136 e. The number of thiazole rings is 1. The average Bonchev–Trinajstić information content (AvgIpc) is 3.43. The number of nitrogens with zero attached hydrogens (tertiary/aromatic N) is 3. The summed E-state index contributed by atoms with van der Waals surface area (Å²) in [4.78, 5) is 4.56. The van der Waals surface area contributed by atoms with Crippen molar-refractivity contribution in [3.05, 3.63) is 89.1 Å². The van der Waals surface area contributed by atoms with Crippen LogP contribution in [-0.4, -0.2) is 9.55 Å². The van der Waals surface area contributed by atoms with E-state index in [-0.39, 0.29) is 5.82 Å². The van der Waals surface area contributed by atoms with Crippen molar-refractivity contribution < 1.29 is 4.39 Å². The van der Waals surface area contributed by atoms with E-state index >= 15 is 0 Å².